The molecule has 1 heterocycles. The lowest BCUT2D eigenvalue weighted by molar-refractivity contribution is 0.299. The van der Waals surface area contributed by atoms with E-state index < -0.39 is 0 Å². The van der Waals surface area contributed by atoms with E-state index in [4.69, 9.17) is 0 Å². The summed E-state index contributed by atoms with van der Waals surface area (Å²) in [6.07, 6.45) is 0. The number of aromatic nitrogens is 1. The monoisotopic (exact) mass is 627 g/mol. The van der Waals surface area contributed by atoms with Crippen molar-refractivity contribution in [2.45, 2.75) is 38.5 Å². The maximum atomic E-state index is 2.53. The van der Waals surface area contributed by atoms with Crippen molar-refractivity contribution in [1.29, 1.82) is 0 Å². The van der Waals surface area contributed by atoms with E-state index in [1.165, 1.54) is 93.2 Å². The number of hydrogen-bond acceptors (Lipinski definition) is 0. The van der Waals surface area contributed by atoms with E-state index in [-0.39, 0.29) is 10.8 Å². The van der Waals surface area contributed by atoms with Gasteiger partial charge in [-0.3, -0.25) is 0 Å². The molecule has 1 heteroatoms. The summed E-state index contributed by atoms with van der Waals surface area (Å²) >= 11 is 0. The van der Waals surface area contributed by atoms with Crippen LogP contribution in [0.25, 0.3) is 82.1 Å². The second-order valence-electron chi connectivity index (χ2n) is 15.0. The summed E-state index contributed by atoms with van der Waals surface area (Å²) in [6.45, 7) is 9.75. The van der Waals surface area contributed by atoms with Gasteiger partial charge in [-0.1, -0.05) is 137 Å². The van der Waals surface area contributed by atoms with Gasteiger partial charge in [-0.25, -0.2) is 0 Å². The van der Waals surface area contributed by atoms with Crippen LogP contribution in [0.3, 0.4) is 0 Å². The van der Waals surface area contributed by atoms with Crippen molar-refractivity contribution in [2.24, 2.45) is 0 Å². The third kappa shape index (κ3) is 3.82. The molecule has 8 aromatic carbocycles. The molecule has 1 aliphatic carbocycles. The average molecular weight is 628 g/mol. The normalized spacial score (nSPS) is 14.9. The predicted octanol–water partition coefficient (Wildman–Crippen LogP) is 13.1. The summed E-state index contributed by atoms with van der Waals surface area (Å²) < 4.78 is 2.47. The van der Waals surface area contributed by atoms with Crippen LogP contribution >= 0.6 is 0 Å². The number of rotatable bonds is 2. The molecule has 1 aromatic heterocycles. The van der Waals surface area contributed by atoms with E-state index in [1.807, 2.05) is 0 Å². The lowest BCUT2D eigenvalue weighted by Crippen LogP contribution is -2.43. The summed E-state index contributed by atoms with van der Waals surface area (Å²) in [4.78, 5) is 0. The first-order valence-electron chi connectivity index (χ1n) is 17.4. The Kier molecular flexibility index (Phi) is 5.75. The van der Waals surface area contributed by atoms with Crippen molar-refractivity contribution >= 4 is 54.1 Å². The number of fused-ring (bicyclic) bond motifs is 12. The highest BCUT2D eigenvalue weighted by Crippen LogP contribution is 2.56. The molecule has 0 unspecified atom stereocenters. The molecule has 1 nitrogen and oxygen atoms in total. The Morgan fingerprint density at radius 3 is 1.57 bits per heavy atom. The van der Waals surface area contributed by atoms with Crippen LogP contribution in [0.2, 0.25) is 0 Å². The lowest BCUT2D eigenvalue weighted by atomic mass is 9.55. The molecular weight excluding hydrogens is 591 g/mol. The van der Waals surface area contributed by atoms with Crippen LogP contribution in [0.1, 0.15) is 38.8 Å². The van der Waals surface area contributed by atoms with E-state index in [0.29, 0.717) is 0 Å². The Morgan fingerprint density at radius 1 is 0.347 bits per heavy atom. The average Bonchev–Trinajstić information content (AvgIpc) is 3.48. The van der Waals surface area contributed by atoms with Gasteiger partial charge >= 0.3 is 0 Å². The molecule has 0 N–H and O–H groups in total. The van der Waals surface area contributed by atoms with Gasteiger partial charge in [-0.2, -0.15) is 0 Å². The molecule has 0 aliphatic heterocycles. The Labute approximate surface area is 287 Å². The molecule has 0 atom stereocenters. The molecule has 49 heavy (non-hydrogen) atoms. The smallest absolute Gasteiger partial charge is 0.0541 e. The third-order valence-corrected chi connectivity index (χ3v) is 12.1. The van der Waals surface area contributed by atoms with Crippen molar-refractivity contribution in [3.05, 3.63) is 163 Å². The van der Waals surface area contributed by atoms with Gasteiger partial charge < -0.3 is 4.57 Å². The molecule has 0 amide bonds. The van der Waals surface area contributed by atoms with E-state index in [2.05, 4.69) is 184 Å². The maximum absolute atomic E-state index is 2.53. The Balaban J connectivity index is 1.27. The Hall–Kier alpha value is -5.66. The zero-order chi connectivity index (χ0) is 33.1. The minimum Gasteiger partial charge on any atom is -0.309 e. The van der Waals surface area contributed by atoms with Gasteiger partial charge in [0.05, 0.1) is 11.0 Å². The molecule has 0 radical (unpaired) electrons. The van der Waals surface area contributed by atoms with Gasteiger partial charge in [0.15, 0.2) is 0 Å². The summed E-state index contributed by atoms with van der Waals surface area (Å²) in [7, 11) is 0. The predicted molar refractivity (Wildman–Crippen MR) is 210 cm³/mol. The molecule has 0 saturated heterocycles. The van der Waals surface area contributed by atoms with Gasteiger partial charge in [-0.15, -0.1) is 0 Å². The van der Waals surface area contributed by atoms with Gasteiger partial charge in [-0.05, 0) is 119 Å². The fourth-order valence-electron chi connectivity index (χ4n) is 8.86. The summed E-state index contributed by atoms with van der Waals surface area (Å²) in [5, 5.41) is 10.5. The van der Waals surface area contributed by atoms with Crippen LogP contribution < -0.4 is 0 Å². The highest BCUT2D eigenvalue weighted by molar-refractivity contribution is 6.26. The quantitative estimate of drug-likeness (QED) is 0.168. The second-order valence-corrected chi connectivity index (χ2v) is 15.0. The molecule has 0 saturated carbocycles. The van der Waals surface area contributed by atoms with Crippen molar-refractivity contribution in [3.63, 3.8) is 0 Å². The van der Waals surface area contributed by atoms with Gasteiger partial charge in [0.1, 0.15) is 0 Å². The van der Waals surface area contributed by atoms with Gasteiger partial charge in [0.2, 0.25) is 0 Å². The first kappa shape index (κ1) is 28.4. The van der Waals surface area contributed by atoms with Crippen molar-refractivity contribution in [1.82, 2.24) is 4.57 Å². The Bertz CT molecular complexity index is 2810. The van der Waals surface area contributed by atoms with Crippen LogP contribution in [-0.2, 0) is 10.8 Å². The van der Waals surface area contributed by atoms with Gasteiger partial charge in [0.25, 0.3) is 0 Å². The molecule has 0 bridgehead atoms. The zero-order valence-electron chi connectivity index (χ0n) is 28.4. The summed E-state index contributed by atoms with van der Waals surface area (Å²) in [6, 6.07) is 56.6. The number of benzene rings is 8. The highest BCUT2D eigenvalue weighted by atomic mass is 15.0. The fourth-order valence-corrected chi connectivity index (χ4v) is 8.86. The minimum atomic E-state index is -0.0848. The summed E-state index contributed by atoms with van der Waals surface area (Å²) in [5.41, 5.74) is 11.5. The van der Waals surface area contributed by atoms with Crippen LogP contribution in [0.15, 0.2) is 152 Å². The highest BCUT2D eigenvalue weighted by Gasteiger charge is 2.46. The van der Waals surface area contributed by atoms with Gasteiger partial charge in [0, 0.05) is 16.5 Å². The van der Waals surface area contributed by atoms with E-state index in [0.717, 1.165) is 0 Å². The molecule has 0 fully saturated rings. The molecule has 0 spiro atoms. The van der Waals surface area contributed by atoms with Crippen LogP contribution in [-0.4, -0.2) is 4.57 Å². The number of para-hydroxylation sites is 1. The Morgan fingerprint density at radius 2 is 0.878 bits per heavy atom. The first-order valence-corrected chi connectivity index (χ1v) is 17.4. The SMILES string of the molecule is CC1(C)c2ccc(-n3c4ccccc4c4cc(-c5ccccc5)ccc43)cc2-c2cc3c4ccccc4c4ccccc4c3cc2C1(C)C. The van der Waals surface area contributed by atoms with Crippen molar-refractivity contribution in [3.8, 4) is 27.9 Å². The fraction of sp³-hybridized carbons (Fsp3) is 0.125. The first-order chi connectivity index (χ1) is 23.8. The molecule has 9 aromatic rings. The van der Waals surface area contributed by atoms with Crippen molar-refractivity contribution in [2.75, 3.05) is 0 Å². The molecule has 10 rings (SSSR count). The maximum Gasteiger partial charge on any atom is 0.0541 e. The summed E-state index contributed by atoms with van der Waals surface area (Å²) in [5.74, 6) is 0. The topological polar surface area (TPSA) is 4.93 Å². The van der Waals surface area contributed by atoms with Crippen LogP contribution in [0, 0.1) is 0 Å². The third-order valence-electron chi connectivity index (χ3n) is 12.1. The van der Waals surface area contributed by atoms with Crippen LogP contribution in [0.5, 0.6) is 0 Å². The molecular formula is C48H37N. The van der Waals surface area contributed by atoms with Crippen LogP contribution in [0.4, 0.5) is 0 Å². The number of hydrogen-bond donors (Lipinski definition) is 0. The molecule has 1 aliphatic rings. The van der Waals surface area contributed by atoms with E-state index >= 15 is 0 Å². The number of nitrogens with zero attached hydrogens (tertiary/aromatic N) is 1. The minimum absolute atomic E-state index is 0.0837. The second kappa shape index (κ2) is 9.94. The van der Waals surface area contributed by atoms with E-state index in [1.54, 1.807) is 0 Å². The van der Waals surface area contributed by atoms with Crippen molar-refractivity contribution < 1.29 is 0 Å². The van der Waals surface area contributed by atoms with E-state index in [9.17, 15) is 0 Å². The largest absolute Gasteiger partial charge is 0.309 e. The zero-order valence-corrected chi connectivity index (χ0v) is 28.4. The standard InChI is InChI=1S/C48H37N/c1-47(2)43-24-23-32(49-45-21-13-12-20-37(45)42-26-31(22-25-46(42)49)30-14-6-5-7-15-30)27-40(43)41-28-38-35-18-10-8-16-33(35)34-17-9-11-19-36(34)39(38)29-44(41)48(47,3)4/h5-29H,1-4H3. The lowest BCUT2D eigenvalue weighted by Gasteiger charge is -2.48. The molecule has 234 valence electrons.